The van der Waals surface area contributed by atoms with Gasteiger partial charge < -0.3 is 14.7 Å². The van der Waals surface area contributed by atoms with Gasteiger partial charge in [-0.1, -0.05) is 0 Å². The molecule has 1 amide bonds. The molecule has 1 aromatic heterocycles. The Hall–Kier alpha value is -2.09. The van der Waals surface area contributed by atoms with Gasteiger partial charge in [0.2, 0.25) is 0 Å². The van der Waals surface area contributed by atoms with Crippen LogP contribution in [0.3, 0.4) is 0 Å². The van der Waals surface area contributed by atoms with Crippen LogP contribution in [-0.2, 0) is 16.6 Å². The fourth-order valence-corrected chi connectivity index (χ4v) is 3.03. The Bertz CT molecular complexity index is 591. The van der Waals surface area contributed by atoms with Crippen molar-refractivity contribution >= 4 is 12.1 Å². The van der Waals surface area contributed by atoms with Gasteiger partial charge in [-0.15, -0.1) is 0 Å². The Labute approximate surface area is 135 Å². The highest BCUT2D eigenvalue weighted by Crippen LogP contribution is 2.28. The summed E-state index contributed by atoms with van der Waals surface area (Å²) in [6.45, 7) is 7.70. The summed E-state index contributed by atoms with van der Waals surface area (Å²) in [5.41, 5.74) is 2.32. The van der Waals surface area contributed by atoms with Gasteiger partial charge in [-0.05, 0) is 20.8 Å². The van der Waals surface area contributed by atoms with Gasteiger partial charge in [-0.3, -0.25) is 14.4 Å². The summed E-state index contributed by atoms with van der Waals surface area (Å²) in [6, 6.07) is -0.743. The quantitative estimate of drug-likeness (QED) is 0.887. The number of aliphatic carboxylic acids is 1. The number of hydrogen-bond acceptors (Lipinski definition) is 5. The van der Waals surface area contributed by atoms with Crippen molar-refractivity contribution in [3.63, 3.8) is 0 Å². The van der Waals surface area contributed by atoms with Crippen molar-refractivity contribution < 1.29 is 19.4 Å². The summed E-state index contributed by atoms with van der Waals surface area (Å²) < 4.78 is 6.69. The largest absolute Gasteiger partial charge is 0.480 e. The van der Waals surface area contributed by atoms with Crippen LogP contribution in [0.1, 0.15) is 29.9 Å². The van der Waals surface area contributed by atoms with E-state index in [1.807, 2.05) is 25.8 Å². The molecule has 1 N–H and O–H groups in total. The van der Waals surface area contributed by atoms with Gasteiger partial charge >= 0.3 is 12.1 Å². The first-order chi connectivity index (χ1) is 10.9. The molecule has 23 heavy (non-hydrogen) atoms. The topological polar surface area (TPSA) is 87.9 Å². The van der Waals surface area contributed by atoms with Crippen LogP contribution in [0.4, 0.5) is 4.79 Å². The molecular weight excluding hydrogens is 300 g/mol. The molecule has 2 rings (SSSR count). The first-order valence-corrected chi connectivity index (χ1v) is 7.75. The van der Waals surface area contributed by atoms with Crippen LogP contribution in [0.15, 0.2) is 0 Å². The number of aromatic nitrogens is 2. The van der Waals surface area contributed by atoms with Crippen LogP contribution in [-0.4, -0.2) is 69.5 Å². The van der Waals surface area contributed by atoms with Crippen molar-refractivity contribution in [1.82, 2.24) is 19.6 Å². The number of hydrogen-bond donors (Lipinski definition) is 1. The van der Waals surface area contributed by atoms with Crippen molar-refractivity contribution in [2.45, 2.75) is 26.8 Å². The highest BCUT2D eigenvalue weighted by molar-refractivity contribution is 5.76. The lowest BCUT2D eigenvalue weighted by Gasteiger charge is -2.37. The number of piperazine rings is 1. The molecule has 0 unspecified atom stereocenters. The van der Waals surface area contributed by atoms with E-state index in [0.717, 1.165) is 17.0 Å². The first kappa shape index (κ1) is 17.3. The fraction of sp³-hybridized carbons (Fsp3) is 0.667. The highest BCUT2D eigenvalue weighted by Gasteiger charge is 2.35. The van der Waals surface area contributed by atoms with Gasteiger partial charge in [0.15, 0.2) is 0 Å². The molecule has 1 aromatic rings. The number of carboxylic acid groups (broad SMARTS) is 1. The maximum absolute atomic E-state index is 11.8. The lowest BCUT2D eigenvalue weighted by atomic mass is 10.0. The van der Waals surface area contributed by atoms with Crippen LogP contribution in [0.2, 0.25) is 0 Å². The average molecular weight is 324 g/mol. The molecule has 0 spiro atoms. The molecule has 8 nitrogen and oxygen atoms in total. The van der Waals surface area contributed by atoms with Crippen molar-refractivity contribution in [3.8, 4) is 0 Å². The predicted molar refractivity (Wildman–Crippen MR) is 83.2 cm³/mol. The summed E-state index contributed by atoms with van der Waals surface area (Å²) in [7, 11) is 1.81. The van der Waals surface area contributed by atoms with E-state index in [4.69, 9.17) is 4.74 Å². The summed E-state index contributed by atoms with van der Waals surface area (Å²) in [5.74, 6) is -0.895. The van der Waals surface area contributed by atoms with Gasteiger partial charge in [-0.2, -0.15) is 5.10 Å². The van der Waals surface area contributed by atoms with E-state index >= 15 is 0 Å². The minimum Gasteiger partial charge on any atom is -0.480 e. The zero-order valence-corrected chi connectivity index (χ0v) is 14.1. The van der Waals surface area contributed by atoms with E-state index in [0.29, 0.717) is 32.8 Å². The van der Waals surface area contributed by atoms with Crippen molar-refractivity contribution in [1.29, 1.82) is 0 Å². The highest BCUT2D eigenvalue weighted by atomic mass is 16.6. The second-order valence-electron chi connectivity index (χ2n) is 5.67. The zero-order valence-electron chi connectivity index (χ0n) is 14.1. The number of aryl methyl sites for hydroxylation is 2. The lowest BCUT2D eigenvalue weighted by Crippen LogP contribution is -2.51. The summed E-state index contributed by atoms with van der Waals surface area (Å²) in [5, 5.41) is 14.0. The Kier molecular flexibility index (Phi) is 5.25. The fourth-order valence-electron chi connectivity index (χ4n) is 3.03. The normalized spacial score (nSPS) is 17.1. The number of carbonyl (C=O) groups is 2. The Morgan fingerprint density at radius 2 is 1.87 bits per heavy atom. The van der Waals surface area contributed by atoms with Crippen LogP contribution >= 0.6 is 0 Å². The van der Waals surface area contributed by atoms with E-state index in [-0.39, 0.29) is 6.09 Å². The van der Waals surface area contributed by atoms with Crippen LogP contribution in [0.5, 0.6) is 0 Å². The maximum atomic E-state index is 11.8. The first-order valence-electron chi connectivity index (χ1n) is 7.75. The Morgan fingerprint density at radius 1 is 1.26 bits per heavy atom. The molecule has 0 aromatic carbocycles. The third-order valence-corrected chi connectivity index (χ3v) is 4.28. The third-order valence-electron chi connectivity index (χ3n) is 4.28. The lowest BCUT2D eigenvalue weighted by molar-refractivity contribution is -0.144. The molecule has 8 heteroatoms. The Balaban J connectivity index is 2.15. The van der Waals surface area contributed by atoms with E-state index in [2.05, 4.69) is 5.10 Å². The van der Waals surface area contributed by atoms with E-state index < -0.39 is 12.0 Å². The van der Waals surface area contributed by atoms with Gasteiger partial charge in [0, 0.05) is 44.5 Å². The molecule has 1 fully saturated rings. The monoisotopic (exact) mass is 324 g/mol. The smallest absolute Gasteiger partial charge is 0.409 e. The van der Waals surface area contributed by atoms with Crippen molar-refractivity contribution in [2.75, 3.05) is 32.8 Å². The van der Waals surface area contributed by atoms with E-state index in [1.165, 1.54) is 0 Å². The third kappa shape index (κ3) is 3.47. The summed E-state index contributed by atoms with van der Waals surface area (Å²) in [4.78, 5) is 27.1. The van der Waals surface area contributed by atoms with Gasteiger partial charge in [0.05, 0.1) is 12.3 Å². The molecule has 1 saturated heterocycles. The second kappa shape index (κ2) is 6.99. The van der Waals surface area contributed by atoms with Crippen LogP contribution < -0.4 is 0 Å². The maximum Gasteiger partial charge on any atom is 0.409 e. The Morgan fingerprint density at radius 3 is 2.30 bits per heavy atom. The van der Waals surface area contributed by atoms with E-state index in [1.54, 1.807) is 16.5 Å². The number of carboxylic acids is 1. The number of ether oxygens (including phenoxy) is 1. The number of carbonyl (C=O) groups excluding carboxylic acids is 1. The molecular formula is C15H24N4O4. The molecule has 0 saturated carbocycles. The molecule has 0 aliphatic carbocycles. The second-order valence-corrected chi connectivity index (χ2v) is 5.67. The summed E-state index contributed by atoms with van der Waals surface area (Å²) in [6.07, 6.45) is -0.340. The minimum atomic E-state index is -0.895. The van der Waals surface area contributed by atoms with E-state index in [9.17, 15) is 14.7 Å². The standard InChI is InChI=1S/C15H24N4O4/c1-5-23-15(22)19-8-6-18(7-9-19)13(14(20)21)12-10(2)16-17(4)11(12)3/h13H,5-9H2,1-4H3,(H,20,21)/t13-/m0/s1. The molecule has 1 atom stereocenters. The molecule has 128 valence electrons. The van der Waals surface area contributed by atoms with Crippen LogP contribution in [0.25, 0.3) is 0 Å². The number of rotatable bonds is 4. The van der Waals surface area contributed by atoms with Crippen molar-refractivity contribution in [2.24, 2.45) is 7.05 Å². The average Bonchev–Trinajstić information content (AvgIpc) is 2.75. The number of nitrogens with zero attached hydrogens (tertiary/aromatic N) is 4. The van der Waals surface area contributed by atoms with Gasteiger partial charge in [0.25, 0.3) is 0 Å². The van der Waals surface area contributed by atoms with Gasteiger partial charge in [0.1, 0.15) is 6.04 Å². The molecule has 1 aliphatic rings. The summed E-state index contributed by atoms with van der Waals surface area (Å²) >= 11 is 0. The molecule has 1 aliphatic heterocycles. The van der Waals surface area contributed by atoms with Crippen molar-refractivity contribution in [3.05, 3.63) is 17.0 Å². The SMILES string of the molecule is CCOC(=O)N1CCN([C@H](C(=O)O)c2c(C)nn(C)c2C)CC1. The van der Waals surface area contributed by atoms with Crippen LogP contribution in [0, 0.1) is 13.8 Å². The molecule has 0 radical (unpaired) electrons. The zero-order chi connectivity index (χ0) is 17.1. The van der Waals surface area contributed by atoms with Gasteiger partial charge in [-0.25, -0.2) is 4.79 Å². The predicted octanol–water partition coefficient (Wildman–Crippen LogP) is 0.937. The molecule has 0 bridgehead atoms. The minimum absolute atomic E-state index is 0.338. The molecule has 2 heterocycles. The number of amides is 1.